The maximum absolute atomic E-state index is 15.1. The third-order valence-electron chi connectivity index (χ3n) is 6.15. The van der Waals surface area contributed by atoms with Gasteiger partial charge in [-0.3, -0.25) is 4.79 Å². The van der Waals surface area contributed by atoms with Crippen molar-refractivity contribution >= 4 is 21.4 Å². The molecule has 0 spiro atoms. The number of nitrogens with one attached hydrogen (secondary N) is 1. The molecule has 3 aromatic rings. The largest absolute Gasteiger partial charge is 0.478 e. The van der Waals surface area contributed by atoms with Crippen LogP contribution in [0.2, 0.25) is 0 Å². The number of hydrogen-bond donors (Lipinski definition) is 2. The third kappa shape index (κ3) is 5.63. The number of hydrogen-bond acceptors (Lipinski definition) is 9. The molecule has 1 amide bonds. The minimum atomic E-state index is -4.99. The number of halogens is 4. The van der Waals surface area contributed by atoms with Crippen LogP contribution >= 0.6 is 0 Å². The quantitative estimate of drug-likeness (QED) is 0.401. The average Bonchev–Trinajstić information content (AvgIpc) is 2.82. The monoisotopic (exact) mass is 570 g/mol. The lowest BCUT2D eigenvalue weighted by Gasteiger charge is -2.36. The number of aromatic nitrogens is 3. The Morgan fingerprint density at radius 2 is 1.85 bits per heavy atom. The van der Waals surface area contributed by atoms with E-state index in [0.717, 1.165) is 32.4 Å². The van der Waals surface area contributed by atoms with Crippen LogP contribution < -0.4 is 14.8 Å². The summed E-state index contributed by atoms with van der Waals surface area (Å²) < 4.78 is 90.1. The van der Waals surface area contributed by atoms with Crippen LogP contribution in [-0.2, 0) is 21.6 Å². The van der Waals surface area contributed by atoms with E-state index in [9.17, 15) is 31.5 Å². The normalized spacial score (nSPS) is 14.9. The number of aliphatic hydroxyl groups is 1. The number of benzene rings is 1. The number of nitrogens with zero attached hydrogens (tertiary/aromatic N) is 3. The molecule has 10 nitrogen and oxygen atoms in total. The first-order valence-corrected chi connectivity index (χ1v) is 13.2. The van der Waals surface area contributed by atoms with Crippen molar-refractivity contribution in [1.82, 2.24) is 15.2 Å². The number of carbonyl (C=O) groups is 1. The van der Waals surface area contributed by atoms with Gasteiger partial charge in [0, 0.05) is 18.0 Å². The maximum Gasteiger partial charge on any atom is 0.435 e. The molecule has 0 unspecified atom stereocenters. The summed E-state index contributed by atoms with van der Waals surface area (Å²) in [5, 5.41) is 19.4. The molecular formula is C24H22F4N4O6S. The Morgan fingerprint density at radius 1 is 1.15 bits per heavy atom. The summed E-state index contributed by atoms with van der Waals surface area (Å²) in [7, 11) is -2.53. The molecule has 1 aliphatic rings. The van der Waals surface area contributed by atoms with Gasteiger partial charge in [-0.1, -0.05) is 6.07 Å². The van der Waals surface area contributed by atoms with Gasteiger partial charge in [0.15, 0.2) is 21.3 Å². The average molecular weight is 571 g/mol. The van der Waals surface area contributed by atoms with Gasteiger partial charge in [0.2, 0.25) is 5.75 Å². The SMILES string of the molecule is COc1nc(C2(O)CCC2)cc(F)c1Oc1nnc(C(F)(F)F)c(C)c1C(=O)Nc1cccc(S(C)(=O)=O)c1. The second-order valence-corrected chi connectivity index (χ2v) is 10.9. The molecule has 15 heteroatoms. The fourth-order valence-electron chi connectivity index (χ4n) is 3.92. The third-order valence-corrected chi connectivity index (χ3v) is 7.26. The predicted octanol–water partition coefficient (Wildman–Crippen LogP) is 4.17. The zero-order valence-corrected chi connectivity index (χ0v) is 21.6. The molecular weight excluding hydrogens is 548 g/mol. The van der Waals surface area contributed by atoms with Crippen LogP contribution in [-0.4, -0.2) is 48.0 Å². The highest BCUT2D eigenvalue weighted by molar-refractivity contribution is 7.90. The summed E-state index contributed by atoms with van der Waals surface area (Å²) in [5.41, 5.74) is -4.35. The summed E-state index contributed by atoms with van der Waals surface area (Å²) in [6.07, 6.45) is -2.66. The van der Waals surface area contributed by atoms with Gasteiger partial charge in [0.25, 0.3) is 17.7 Å². The Morgan fingerprint density at radius 3 is 2.41 bits per heavy atom. The van der Waals surface area contributed by atoms with E-state index >= 15 is 4.39 Å². The molecule has 1 fully saturated rings. The lowest BCUT2D eigenvalue weighted by atomic mass is 9.77. The summed E-state index contributed by atoms with van der Waals surface area (Å²) in [5.74, 6) is -4.20. The number of anilines is 1. The van der Waals surface area contributed by atoms with Crippen molar-refractivity contribution in [3.05, 3.63) is 58.7 Å². The molecule has 0 saturated heterocycles. The number of carbonyl (C=O) groups excluding carboxylic acids is 1. The number of pyridine rings is 1. The van der Waals surface area contributed by atoms with E-state index in [4.69, 9.17) is 9.47 Å². The number of sulfone groups is 1. The van der Waals surface area contributed by atoms with Crippen LogP contribution in [0.4, 0.5) is 23.2 Å². The first-order chi connectivity index (χ1) is 18.1. The topological polar surface area (TPSA) is 141 Å². The molecule has 4 rings (SSSR count). The smallest absolute Gasteiger partial charge is 0.435 e. The fourth-order valence-corrected chi connectivity index (χ4v) is 4.59. The molecule has 0 bridgehead atoms. The Bertz CT molecular complexity index is 1560. The van der Waals surface area contributed by atoms with Crippen LogP contribution in [0.25, 0.3) is 0 Å². The Kier molecular flexibility index (Phi) is 7.25. The Hall–Kier alpha value is -3.85. The lowest BCUT2D eigenvalue weighted by molar-refractivity contribution is -0.142. The molecule has 39 heavy (non-hydrogen) atoms. The number of ether oxygens (including phenoxy) is 2. The van der Waals surface area contributed by atoms with E-state index in [1.807, 2.05) is 0 Å². The number of rotatable bonds is 7. The highest BCUT2D eigenvalue weighted by Crippen LogP contribution is 2.44. The van der Waals surface area contributed by atoms with E-state index in [1.165, 1.54) is 18.2 Å². The maximum atomic E-state index is 15.1. The fraction of sp³-hybridized carbons (Fsp3) is 0.333. The summed E-state index contributed by atoms with van der Waals surface area (Å²) >= 11 is 0. The predicted molar refractivity (Wildman–Crippen MR) is 128 cm³/mol. The molecule has 0 atom stereocenters. The molecule has 2 aromatic heterocycles. The van der Waals surface area contributed by atoms with E-state index in [0.29, 0.717) is 19.3 Å². The van der Waals surface area contributed by atoms with Crippen molar-refractivity contribution < 1.29 is 45.4 Å². The second-order valence-electron chi connectivity index (χ2n) is 8.92. The van der Waals surface area contributed by atoms with Crippen LogP contribution in [0.3, 0.4) is 0 Å². The first kappa shape index (κ1) is 28.2. The number of alkyl halides is 3. The second kappa shape index (κ2) is 10.0. The molecule has 1 saturated carbocycles. The molecule has 0 aliphatic heterocycles. The van der Waals surface area contributed by atoms with Gasteiger partial charge in [-0.2, -0.15) is 13.2 Å². The molecule has 1 aliphatic carbocycles. The van der Waals surface area contributed by atoms with Gasteiger partial charge in [-0.15, -0.1) is 10.2 Å². The zero-order chi connectivity index (χ0) is 28.8. The van der Waals surface area contributed by atoms with E-state index in [-0.39, 0.29) is 16.3 Å². The van der Waals surface area contributed by atoms with Crippen LogP contribution in [0.15, 0.2) is 35.2 Å². The van der Waals surface area contributed by atoms with E-state index < -0.39 is 67.7 Å². The lowest BCUT2D eigenvalue weighted by Crippen LogP contribution is -2.34. The van der Waals surface area contributed by atoms with Gasteiger partial charge in [-0.25, -0.2) is 17.8 Å². The number of amides is 1. The van der Waals surface area contributed by atoms with Crippen molar-refractivity contribution in [2.45, 2.75) is 42.9 Å². The van der Waals surface area contributed by atoms with Gasteiger partial charge in [0.05, 0.1) is 17.7 Å². The van der Waals surface area contributed by atoms with Crippen molar-refractivity contribution in [2.24, 2.45) is 0 Å². The van der Waals surface area contributed by atoms with Crippen molar-refractivity contribution in [2.75, 3.05) is 18.7 Å². The highest BCUT2D eigenvalue weighted by Gasteiger charge is 2.40. The van der Waals surface area contributed by atoms with E-state index in [2.05, 4.69) is 20.5 Å². The van der Waals surface area contributed by atoms with Gasteiger partial charge < -0.3 is 19.9 Å². The summed E-state index contributed by atoms with van der Waals surface area (Å²) in [6, 6.07) is 5.92. The van der Waals surface area contributed by atoms with Crippen LogP contribution in [0.5, 0.6) is 17.5 Å². The highest BCUT2D eigenvalue weighted by atomic mass is 32.2. The van der Waals surface area contributed by atoms with Crippen LogP contribution in [0.1, 0.15) is 46.6 Å². The minimum Gasteiger partial charge on any atom is -0.478 e. The molecule has 1 aromatic carbocycles. The van der Waals surface area contributed by atoms with Crippen molar-refractivity contribution in [3.8, 4) is 17.5 Å². The first-order valence-electron chi connectivity index (χ1n) is 11.4. The summed E-state index contributed by atoms with van der Waals surface area (Å²) in [4.78, 5) is 17.1. The van der Waals surface area contributed by atoms with Gasteiger partial charge in [-0.05, 0) is 49.9 Å². The Balaban J connectivity index is 1.79. The van der Waals surface area contributed by atoms with Crippen LogP contribution in [0, 0.1) is 12.7 Å². The zero-order valence-electron chi connectivity index (χ0n) is 20.8. The van der Waals surface area contributed by atoms with Crippen molar-refractivity contribution in [3.63, 3.8) is 0 Å². The number of methoxy groups -OCH3 is 1. The van der Waals surface area contributed by atoms with Gasteiger partial charge in [0.1, 0.15) is 11.2 Å². The van der Waals surface area contributed by atoms with Crippen molar-refractivity contribution in [1.29, 1.82) is 0 Å². The summed E-state index contributed by atoms with van der Waals surface area (Å²) in [6.45, 7) is 0.952. The minimum absolute atomic E-state index is 0.0196. The molecule has 2 N–H and O–H groups in total. The van der Waals surface area contributed by atoms with Gasteiger partial charge >= 0.3 is 6.18 Å². The molecule has 0 radical (unpaired) electrons. The molecule has 208 valence electrons. The molecule has 2 heterocycles. The van der Waals surface area contributed by atoms with E-state index in [1.54, 1.807) is 0 Å². The Labute approximate surface area is 219 Å². The standard InChI is InChI=1S/C24H22F4N4O6S/c1-12-17(20(33)29-13-6-4-7-14(10-13)39(3,35)36)21(32-31-19(12)24(26,27)28)38-18-15(25)11-16(30-22(18)37-2)23(34)8-5-9-23/h4,6-7,10-11,34H,5,8-9H2,1-3H3,(H,29,33).